The van der Waals surface area contributed by atoms with Gasteiger partial charge < -0.3 is 0 Å². The Morgan fingerprint density at radius 1 is 1.46 bits per heavy atom. The van der Waals surface area contributed by atoms with Gasteiger partial charge in [0.15, 0.2) is 5.78 Å². The normalized spacial score (nSPS) is 15.9. The third kappa shape index (κ3) is 1.23. The zero-order valence-corrected chi connectivity index (χ0v) is 7.88. The number of hydrogen-bond acceptors (Lipinski definition) is 3. The maximum atomic E-state index is 11.4. The SMILES string of the molecule is O=C1CC(=O)N(P)c2cnccc21. The van der Waals surface area contributed by atoms with Crippen molar-refractivity contribution in [1.29, 1.82) is 0 Å². The number of Topliss-reactive ketones (excluding diaryl/α,β-unsaturated/α-hetero) is 1. The molecule has 66 valence electrons. The molecule has 0 spiro atoms. The Labute approximate surface area is 77.2 Å². The number of amides is 1. The second kappa shape index (κ2) is 2.89. The molecule has 1 amide bonds. The zero-order chi connectivity index (χ0) is 9.42. The van der Waals surface area contributed by atoms with Crippen molar-refractivity contribution in [3.63, 3.8) is 0 Å². The van der Waals surface area contributed by atoms with Crippen LogP contribution in [0.4, 0.5) is 5.69 Å². The van der Waals surface area contributed by atoms with Gasteiger partial charge in [-0.3, -0.25) is 19.2 Å². The lowest BCUT2D eigenvalue weighted by Crippen LogP contribution is -2.29. The molecule has 0 bridgehead atoms. The van der Waals surface area contributed by atoms with E-state index in [-0.39, 0.29) is 18.1 Å². The Morgan fingerprint density at radius 2 is 2.23 bits per heavy atom. The number of hydrogen-bond donors (Lipinski definition) is 0. The van der Waals surface area contributed by atoms with Crippen LogP contribution in [0.3, 0.4) is 0 Å². The van der Waals surface area contributed by atoms with E-state index < -0.39 is 0 Å². The van der Waals surface area contributed by atoms with Crippen molar-refractivity contribution in [3.8, 4) is 0 Å². The number of aromatic nitrogens is 1. The van der Waals surface area contributed by atoms with Crippen LogP contribution in [0.2, 0.25) is 0 Å². The fourth-order valence-corrected chi connectivity index (χ4v) is 1.56. The second-order valence-corrected chi connectivity index (χ2v) is 3.27. The number of fused-ring (bicyclic) bond motifs is 1. The van der Waals surface area contributed by atoms with Gasteiger partial charge in [0.05, 0.1) is 18.3 Å². The van der Waals surface area contributed by atoms with Gasteiger partial charge in [0.1, 0.15) is 0 Å². The van der Waals surface area contributed by atoms with Crippen LogP contribution in [-0.4, -0.2) is 16.7 Å². The highest BCUT2D eigenvalue weighted by Gasteiger charge is 2.27. The van der Waals surface area contributed by atoms with E-state index >= 15 is 0 Å². The Bertz CT molecular complexity index is 391. The van der Waals surface area contributed by atoms with Crippen molar-refractivity contribution in [2.75, 3.05) is 4.67 Å². The maximum Gasteiger partial charge on any atom is 0.237 e. The minimum atomic E-state index is -0.212. The van der Waals surface area contributed by atoms with E-state index in [2.05, 4.69) is 14.4 Å². The Morgan fingerprint density at radius 3 is 3.00 bits per heavy atom. The summed E-state index contributed by atoms with van der Waals surface area (Å²) >= 11 is 0. The van der Waals surface area contributed by atoms with Gasteiger partial charge in [-0.15, -0.1) is 0 Å². The topological polar surface area (TPSA) is 50.3 Å². The zero-order valence-electron chi connectivity index (χ0n) is 6.73. The van der Waals surface area contributed by atoms with Crippen LogP contribution in [0.25, 0.3) is 0 Å². The molecule has 0 radical (unpaired) electrons. The first-order valence-electron chi connectivity index (χ1n) is 3.75. The van der Waals surface area contributed by atoms with Crippen LogP contribution < -0.4 is 4.67 Å². The molecule has 2 rings (SSSR count). The number of ketones is 1. The molecule has 0 saturated carbocycles. The van der Waals surface area contributed by atoms with Crippen LogP contribution in [0.15, 0.2) is 18.5 Å². The summed E-state index contributed by atoms with van der Waals surface area (Å²) in [6.45, 7) is 0. The van der Waals surface area contributed by atoms with Crippen molar-refractivity contribution in [1.82, 2.24) is 4.98 Å². The molecule has 1 aromatic rings. The fourth-order valence-electron chi connectivity index (χ4n) is 1.27. The average Bonchev–Trinajstić information content (AvgIpc) is 2.15. The summed E-state index contributed by atoms with van der Waals surface area (Å²) in [6, 6.07) is 1.63. The molecule has 1 unspecified atom stereocenters. The first-order valence-corrected chi connectivity index (χ1v) is 4.26. The summed E-state index contributed by atoms with van der Waals surface area (Å²) < 4.78 is 1.38. The number of carbonyl (C=O) groups excluding carboxylic acids is 2. The Kier molecular flexibility index (Phi) is 1.85. The van der Waals surface area contributed by atoms with Crippen LogP contribution in [0, 0.1) is 0 Å². The summed E-state index contributed by atoms with van der Waals surface area (Å²) in [5.74, 6) is -0.350. The molecular weight excluding hydrogens is 187 g/mol. The molecule has 1 atom stereocenters. The average molecular weight is 194 g/mol. The van der Waals surface area contributed by atoms with E-state index in [9.17, 15) is 9.59 Å². The van der Waals surface area contributed by atoms with E-state index in [1.165, 1.54) is 10.9 Å². The summed E-state index contributed by atoms with van der Waals surface area (Å²) in [5, 5.41) is 0. The minimum absolute atomic E-state index is 0.0550. The van der Waals surface area contributed by atoms with E-state index in [1.54, 1.807) is 12.3 Å². The van der Waals surface area contributed by atoms with Crippen molar-refractivity contribution < 1.29 is 9.59 Å². The van der Waals surface area contributed by atoms with Gasteiger partial charge >= 0.3 is 0 Å². The van der Waals surface area contributed by atoms with Crippen molar-refractivity contribution >= 4 is 26.8 Å². The third-order valence-electron chi connectivity index (χ3n) is 1.94. The molecular formula is C8H7N2O2P. The highest BCUT2D eigenvalue weighted by atomic mass is 31.0. The highest BCUT2D eigenvalue weighted by molar-refractivity contribution is 7.21. The summed E-state index contributed by atoms with van der Waals surface area (Å²) in [5.41, 5.74) is 1.12. The monoisotopic (exact) mass is 194 g/mol. The first kappa shape index (κ1) is 8.32. The largest absolute Gasteiger partial charge is 0.294 e. The first-order chi connectivity index (χ1) is 6.20. The number of carbonyl (C=O) groups is 2. The lowest BCUT2D eigenvalue weighted by atomic mass is 10.0. The molecule has 1 aliphatic heterocycles. The number of rotatable bonds is 0. The lowest BCUT2D eigenvalue weighted by molar-refractivity contribution is -0.116. The molecule has 13 heavy (non-hydrogen) atoms. The van der Waals surface area contributed by atoms with Gasteiger partial charge in [-0.2, -0.15) is 0 Å². The van der Waals surface area contributed by atoms with Crippen molar-refractivity contribution in [2.45, 2.75) is 6.42 Å². The van der Waals surface area contributed by atoms with Crippen LogP contribution >= 0.6 is 9.39 Å². The smallest absolute Gasteiger partial charge is 0.237 e. The summed E-state index contributed by atoms with van der Waals surface area (Å²) in [7, 11) is 2.28. The third-order valence-corrected chi connectivity index (χ3v) is 2.51. The molecule has 1 aromatic heterocycles. The predicted octanol–water partition coefficient (Wildman–Crippen LogP) is 0.791. The molecule has 1 aliphatic rings. The van der Waals surface area contributed by atoms with Gasteiger partial charge in [-0.1, -0.05) is 0 Å². The van der Waals surface area contributed by atoms with E-state index in [1.807, 2.05) is 0 Å². The van der Waals surface area contributed by atoms with Gasteiger partial charge in [0, 0.05) is 11.8 Å². The van der Waals surface area contributed by atoms with Crippen molar-refractivity contribution in [2.24, 2.45) is 0 Å². The van der Waals surface area contributed by atoms with Crippen LogP contribution in [0.1, 0.15) is 16.8 Å². The van der Waals surface area contributed by atoms with Crippen molar-refractivity contribution in [3.05, 3.63) is 24.0 Å². The standard InChI is InChI=1S/C8H7N2O2P/c11-7-3-8(12)10(13)6-4-9-2-1-5(6)7/h1-2,4H,3,13H2. The Hall–Kier alpha value is -1.28. The summed E-state index contributed by atoms with van der Waals surface area (Å²) in [6.07, 6.45) is 3.00. The van der Waals surface area contributed by atoms with Crippen LogP contribution in [0.5, 0.6) is 0 Å². The van der Waals surface area contributed by atoms with E-state index in [0.29, 0.717) is 11.3 Å². The molecule has 0 N–H and O–H groups in total. The molecule has 0 saturated heterocycles. The molecule has 5 heteroatoms. The number of pyridine rings is 1. The predicted molar refractivity (Wildman–Crippen MR) is 50.4 cm³/mol. The van der Waals surface area contributed by atoms with E-state index in [0.717, 1.165) is 0 Å². The van der Waals surface area contributed by atoms with Crippen LogP contribution in [-0.2, 0) is 4.79 Å². The molecule has 0 aliphatic carbocycles. The lowest BCUT2D eigenvalue weighted by Gasteiger charge is -2.23. The van der Waals surface area contributed by atoms with Gasteiger partial charge in [0.25, 0.3) is 0 Å². The minimum Gasteiger partial charge on any atom is -0.294 e. The molecule has 0 aromatic carbocycles. The second-order valence-electron chi connectivity index (χ2n) is 2.76. The Balaban J connectivity index is 2.60. The fraction of sp³-hybridized carbons (Fsp3) is 0.125. The number of anilines is 1. The summed E-state index contributed by atoms with van der Waals surface area (Å²) in [4.78, 5) is 26.4. The van der Waals surface area contributed by atoms with Gasteiger partial charge in [0.2, 0.25) is 5.91 Å². The quantitative estimate of drug-likeness (QED) is 0.453. The number of nitrogens with zero attached hydrogens (tertiary/aromatic N) is 2. The van der Waals surface area contributed by atoms with Gasteiger partial charge in [-0.05, 0) is 15.5 Å². The molecule has 2 heterocycles. The van der Waals surface area contributed by atoms with Gasteiger partial charge in [-0.25, -0.2) is 0 Å². The molecule has 0 fully saturated rings. The highest BCUT2D eigenvalue weighted by Crippen LogP contribution is 2.28. The maximum absolute atomic E-state index is 11.4. The molecule has 4 nitrogen and oxygen atoms in total. The van der Waals surface area contributed by atoms with E-state index in [4.69, 9.17) is 0 Å².